The zero-order chi connectivity index (χ0) is 30.9. The third-order valence-electron chi connectivity index (χ3n) is 8.08. The summed E-state index contributed by atoms with van der Waals surface area (Å²) in [5.41, 5.74) is -0.840. The summed E-state index contributed by atoms with van der Waals surface area (Å²) in [5, 5.41) is 23.8. The Hall–Kier alpha value is -3.91. The van der Waals surface area contributed by atoms with Crippen LogP contribution in [0.15, 0.2) is 36.5 Å². The van der Waals surface area contributed by atoms with E-state index in [4.69, 9.17) is 4.74 Å². The van der Waals surface area contributed by atoms with Crippen LogP contribution < -0.4 is 20.7 Å². The number of ether oxygens (including phenoxy) is 1. The molecule has 11 nitrogen and oxygen atoms in total. The topological polar surface area (TPSA) is 134 Å². The van der Waals surface area contributed by atoms with Crippen LogP contribution in [0.4, 0.5) is 23.8 Å². The number of methoxy groups -OCH3 is 1. The number of carbonyl (C=O) groups is 2. The molecule has 5 rings (SSSR count). The molecule has 1 aromatic carbocycles. The SMILES string of the molecule is COc1ccc(C2(O)CCC(N3CC(NC(=O)CNc4nn(C(=O)NC(C)C)c5ccc(C(F)(F)F)cc45)C3)CC2)cn1. The Morgan fingerprint density at radius 3 is 2.49 bits per heavy atom. The fraction of sp³-hybridized carbons (Fsp3) is 0.517. The van der Waals surface area contributed by atoms with Crippen LogP contribution in [0.25, 0.3) is 10.9 Å². The summed E-state index contributed by atoms with van der Waals surface area (Å²) in [6.45, 7) is 4.62. The fourth-order valence-corrected chi connectivity index (χ4v) is 5.74. The number of aliphatic hydroxyl groups is 1. The molecule has 0 spiro atoms. The minimum atomic E-state index is -4.58. The van der Waals surface area contributed by atoms with Crippen LogP contribution in [-0.2, 0) is 16.6 Å². The van der Waals surface area contributed by atoms with Gasteiger partial charge >= 0.3 is 12.2 Å². The average Bonchev–Trinajstić information content (AvgIpc) is 3.32. The van der Waals surface area contributed by atoms with E-state index < -0.39 is 23.4 Å². The van der Waals surface area contributed by atoms with Crippen LogP contribution in [0.2, 0.25) is 0 Å². The van der Waals surface area contributed by atoms with Gasteiger partial charge in [-0.2, -0.15) is 17.9 Å². The minimum absolute atomic E-state index is 0.00662. The maximum Gasteiger partial charge on any atom is 0.416 e. The number of halogens is 3. The predicted molar refractivity (Wildman–Crippen MR) is 153 cm³/mol. The molecule has 0 radical (unpaired) electrons. The van der Waals surface area contributed by atoms with Gasteiger partial charge in [0.05, 0.1) is 36.4 Å². The molecule has 14 heteroatoms. The number of likely N-dealkylation sites (tertiary alicyclic amines) is 1. The first-order chi connectivity index (χ1) is 20.4. The second-order valence-electron chi connectivity index (χ2n) is 11.5. The lowest BCUT2D eigenvalue weighted by Crippen LogP contribution is -2.63. The first-order valence-electron chi connectivity index (χ1n) is 14.3. The number of anilines is 1. The van der Waals surface area contributed by atoms with Crippen molar-refractivity contribution < 1.29 is 32.6 Å². The van der Waals surface area contributed by atoms with Gasteiger partial charge in [-0.15, -0.1) is 5.10 Å². The molecule has 4 N–H and O–H groups in total. The number of hydrogen-bond acceptors (Lipinski definition) is 8. The zero-order valence-corrected chi connectivity index (χ0v) is 24.2. The first kappa shape index (κ1) is 30.5. The number of nitrogens with one attached hydrogen (secondary N) is 3. The summed E-state index contributed by atoms with van der Waals surface area (Å²) in [6.07, 6.45) is -0.0874. The van der Waals surface area contributed by atoms with Crippen LogP contribution in [-0.4, -0.2) is 81.6 Å². The van der Waals surface area contributed by atoms with E-state index in [2.05, 4.69) is 30.9 Å². The highest BCUT2D eigenvalue weighted by molar-refractivity contribution is 5.98. The van der Waals surface area contributed by atoms with Crippen molar-refractivity contribution in [1.82, 2.24) is 30.3 Å². The minimum Gasteiger partial charge on any atom is -0.481 e. The summed E-state index contributed by atoms with van der Waals surface area (Å²) in [4.78, 5) is 31.8. The zero-order valence-electron chi connectivity index (χ0n) is 24.2. The van der Waals surface area contributed by atoms with Crippen LogP contribution >= 0.6 is 0 Å². The second kappa shape index (κ2) is 12.0. The van der Waals surface area contributed by atoms with Crippen molar-refractivity contribution in [2.24, 2.45) is 0 Å². The summed E-state index contributed by atoms with van der Waals surface area (Å²) in [7, 11) is 1.55. The summed E-state index contributed by atoms with van der Waals surface area (Å²) >= 11 is 0. The summed E-state index contributed by atoms with van der Waals surface area (Å²) < 4.78 is 46.2. The van der Waals surface area contributed by atoms with Gasteiger partial charge < -0.3 is 25.8 Å². The molecule has 3 heterocycles. The lowest BCUT2D eigenvalue weighted by Gasteiger charge is -2.48. The number of rotatable bonds is 8. The molecule has 0 bridgehead atoms. The van der Waals surface area contributed by atoms with E-state index in [1.165, 1.54) is 6.07 Å². The lowest BCUT2D eigenvalue weighted by molar-refractivity contribution is -0.137. The summed E-state index contributed by atoms with van der Waals surface area (Å²) in [6, 6.07) is 6.03. The number of carbonyl (C=O) groups excluding carboxylic acids is 2. The molecular weight excluding hydrogens is 567 g/mol. The van der Waals surface area contributed by atoms with Crippen molar-refractivity contribution in [3.63, 3.8) is 0 Å². The maximum absolute atomic E-state index is 13.4. The number of hydrogen-bond donors (Lipinski definition) is 4. The predicted octanol–water partition coefficient (Wildman–Crippen LogP) is 3.47. The van der Waals surface area contributed by atoms with Gasteiger partial charge in [0.15, 0.2) is 5.82 Å². The van der Waals surface area contributed by atoms with Gasteiger partial charge in [-0.1, -0.05) is 0 Å². The number of pyridine rings is 1. The van der Waals surface area contributed by atoms with E-state index >= 15 is 0 Å². The van der Waals surface area contributed by atoms with Gasteiger partial charge in [-0.05, 0) is 63.8 Å². The van der Waals surface area contributed by atoms with Gasteiger partial charge in [0, 0.05) is 48.4 Å². The molecule has 0 unspecified atom stereocenters. The molecule has 2 amide bonds. The second-order valence-corrected chi connectivity index (χ2v) is 11.5. The molecule has 1 saturated heterocycles. The van der Waals surface area contributed by atoms with Crippen molar-refractivity contribution in [3.8, 4) is 5.88 Å². The van der Waals surface area contributed by atoms with Gasteiger partial charge in [0.25, 0.3) is 0 Å². The smallest absolute Gasteiger partial charge is 0.416 e. The van der Waals surface area contributed by atoms with Gasteiger partial charge in [-0.25, -0.2) is 9.78 Å². The number of nitrogens with zero attached hydrogens (tertiary/aromatic N) is 4. The standard InChI is InChI=1S/C29H36F3N7O4/c1-17(2)35-27(41)39-23-6-4-18(29(30,31)32)12-22(23)26(37-39)34-14-24(40)36-20-15-38(16-20)21-8-10-28(42,11-9-21)19-5-7-25(43-3)33-13-19/h4-7,12-13,17,20-21,42H,8-11,14-16H2,1-3H3,(H,34,37)(H,35,41)(H,36,40). The van der Waals surface area contributed by atoms with Crippen LogP contribution in [0.3, 0.4) is 0 Å². The molecule has 43 heavy (non-hydrogen) atoms. The number of amides is 2. The Kier molecular flexibility index (Phi) is 8.52. The Morgan fingerprint density at radius 1 is 1.16 bits per heavy atom. The Morgan fingerprint density at radius 2 is 1.88 bits per heavy atom. The molecule has 1 aliphatic carbocycles. The van der Waals surface area contributed by atoms with Gasteiger partial charge in [-0.3, -0.25) is 9.69 Å². The quantitative estimate of drug-likeness (QED) is 0.308. The van der Waals surface area contributed by atoms with Crippen molar-refractivity contribution in [1.29, 1.82) is 0 Å². The van der Waals surface area contributed by atoms with E-state index in [-0.39, 0.29) is 41.3 Å². The molecule has 232 valence electrons. The number of aromatic nitrogens is 3. The third-order valence-corrected chi connectivity index (χ3v) is 8.08. The largest absolute Gasteiger partial charge is 0.481 e. The normalized spacial score (nSPS) is 21.4. The summed E-state index contributed by atoms with van der Waals surface area (Å²) in [5.74, 6) is 0.167. The highest BCUT2D eigenvalue weighted by Gasteiger charge is 2.40. The lowest BCUT2D eigenvalue weighted by atomic mass is 9.77. The molecule has 3 aromatic rings. The van der Waals surface area contributed by atoms with Gasteiger partial charge in [0.2, 0.25) is 11.8 Å². The molecule has 2 aliphatic rings. The van der Waals surface area contributed by atoms with Crippen LogP contribution in [0, 0.1) is 0 Å². The van der Waals surface area contributed by atoms with E-state index in [0.717, 1.165) is 35.2 Å². The highest BCUT2D eigenvalue weighted by Crippen LogP contribution is 2.39. The Balaban J connectivity index is 1.14. The van der Waals surface area contributed by atoms with Crippen molar-refractivity contribution >= 4 is 28.7 Å². The molecule has 1 aliphatic heterocycles. The molecule has 0 atom stereocenters. The Labute approximate surface area is 246 Å². The first-order valence-corrected chi connectivity index (χ1v) is 14.3. The number of benzene rings is 1. The van der Waals surface area contributed by atoms with Crippen molar-refractivity contribution in [3.05, 3.63) is 47.7 Å². The van der Waals surface area contributed by atoms with E-state index in [0.29, 0.717) is 37.9 Å². The molecular formula is C29H36F3N7O4. The van der Waals surface area contributed by atoms with Crippen molar-refractivity contribution in [2.45, 2.75) is 69.4 Å². The molecule has 2 aromatic heterocycles. The van der Waals surface area contributed by atoms with Crippen LogP contribution in [0.1, 0.15) is 50.7 Å². The van der Waals surface area contributed by atoms with E-state index in [1.807, 2.05) is 6.07 Å². The molecule has 2 fully saturated rings. The average molecular weight is 604 g/mol. The van der Waals surface area contributed by atoms with Crippen molar-refractivity contribution in [2.75, 3.05) is 32.1 Å². The van der Waals surface area contributed by atoms with E-state index in [1.54, 1.807) is 33.2 Å². The third kappa shape index (κ3) is 6.69. The van der Waals surface area contributed by atoms with Gasteiger partial charge in [0.1, 0.15) is 0 Å². The fourth-order valence-electron chi connectivity index (χ4n) is 5.74. The Bertz CT molecular complexity index is 1460. The highest BCUT2D eigenvalue weighted by atomic mass is 19.4. The van der Waals surface area contributed by atoms with Crippen LogP contribution in [0.5, 0.6) is 5.88 Å². The monoisotopic (exact) mass is 603 g/mol. The molecule has 1 saturated carbocycles. The maximum atomic E-state index is 13.4. The number of alkyl halides is 3. The number of fused-ring (bicyclic) bond motifs is 1. The van der Waals surface area contributed by atoms with E-state index in [9.17, 15) is 27.9 Å².